The van der Waals surface area contributed by atoms with Gasteiger partial charge >= 0.3 is 0 Å². The zero-order valence-electron chi connectivity index (χ0n) is 16.4. The van der Waals surface area contributed by atoms with E-state index in [9.17, 15) is 4.79 Å². The van der Waals surface area contributed by atoms with E-state index in [0.29, 0.717) is 6.42 Å². The van der Waals surface area contributed by atoms with E-state index in [1.807, 2.05) is 26.2 Å². The highest BCUT2D eigenvalue weighted by atomic mass is 16.5. The lowest BCUT2D eigenvalue weighted by molar-refractivity contribution is -0.115. The Morgan fingerprint density at radius 1 is 1.04 bits per heavy atom. The van der Waals surface area contributed by atoms with Crippen molar-refractivity contribution in [2.45, 2.75) is 25.2 Å². The average molecular weight is 364 g/mol. The molecule has 0 spiro atoms. The Bertz CT molecular complexity index is 792. The van der Waals surface area contributed by atoms with Crippen molar-refractivity contribution in [3.8, 4) is 5.75 Å². The fourth-order valence-electron chi connectivity index (χ4n) is 3.46. The lowest BCUT2D eigenvalue weighted by Crippen LogP contribution is -2.23. The molecule has 1 aliphatic rings. The smallest absolute Gasteiger partial charge is 0.158 e. The number of carbonyl (C=O) groups is 1. The first-order chi connectivity index (χ1) is 13.0. The van der Waals surface area contributed by atoms with Crippen LogP contribution in [-0.2, 0) is 11.2 Å². The molecular weight excluding hydrogens is 336 g/mol. The summed E-state index contributed by atoms with van der Waals surface area (Å²) in [5.74, 6) is 1.33. The molecule has 1 N–H and O–H groups in total. The first kappa shape index (κ1) is 19.0. The van der Waals surface area contributed by atoms with Crippen molar-refractivity contribution in [2.24, 2.45) is 0 Å². The van der Waals surface area contributed by atoms with Gasteiger partial charge in [0, 0.05) is 44.5 Å². The van der Waals surface area contributed by atoms with Crippen molar-refractivity contribution in [1.29, 1.82) is 0 Å². The van der Waals surface area contributed by atoms with Gasteiger partial charge in [0.05, 0.1) is 7.11 Å². The van der Waals surface area contributed by atoms with Gasteiger partial charge in [-0.05, 0) is 54.2 Å². The fraction of sp³-hybridized carbons (Fsp3) is 0.348. The van der Waals surface area contributed by atoms with Crippen LogP contribution in [0.2, 0.25) is 0 Å². The second-order valence-corrected chi connectivity index (χ2v) is 7.25. The number of carbonyl (C=O) groups excluding carboxylic acids is 1. The minimum Gasteiger partial charge on any atom is -0.497 e. The number of hydrogen-bond acceptors (Lipinski definition) is 4. The quantitative estimate of drug-likeness (QED) is 0.808. The molecule has 1 atom stereocenters. The van der Waals surface area contributed by atoms with Crippen LogP contribution in [0, 0.1) is 0 Å². The molecule has 0 amide bonds. The molecule has 3 rings (SSSR count). The fourth-order valence-corrected chi connectivity index (χ4v) is 3.46. The van der Waals surface area contributed by atoms with Gasteiger partial charge in [-0.25, -0.2) is 0 Å². The van der Waals surface area contributed by atoms with E-state index in [1.165, 1.54) is 16.8 Å². The van der Waals surface area contributed by atoms with E-state index in [1.54, 1.807) is 13.2 Å². The van der Waals surface area contributed by atoms with Crippen LogP contribution in [0.15, 0.2) is 60.3 Å². The van der Waals surface area contributed by atoms with Crippen LogP contribution >= 0.6 is 0 Å². The van der Waals surface area contributed by atoms with Crippen LogP contribution in [0.25, 0.3) is 0 Å². The molecule has 0 saturated carbocycles. The van der Waals surface area contributed by atoms with E-state index in [-0.39, 0.29) is 11.7 Å². The summed E-state index contributed by atoms with van der Waals surface area (Å²) >= 11 is 0. The molecule has 142 valence electrons. The van der Waals surface area contributed by atoms with Crippen molar-refractivity contribution >= 4 is 11.5 Å². The van der Waals surface area contributed by atoms with E-state index < -0.39 is 0 Å². The minimum absolute atomic E-state index is 0.204. The van der Waals surface area contributed by atoms with Crippen molar-refractivity contribution in [3.63, 3.8) is 0 Å². The molecule has 2 aromatic carbocycles. The van der Waals surface area contributed by atoms with E-state index in [4.69, 9.17) is 4.74 Å². The summed E-state index contributed by atoms with van der Waals surface area (Å²) in [6.07, 6.45) is 4.16. The molecule has 4 nitrogen and oxygen atoms in total. The molecule has 0 aliphatic heterocycles. The number of ether oxygens (including phenoxy) is 1. The van der Waals surface area contributed by atoms with Crippen LogP contribution in [0.3, 0.4) is 0 Å². The molecule has 27 heavy (non-hydrogen) atoms. The van der Waals surface area contributed by atoms with Crippen LogP contribution in [0.4, 0.5) is 5.69 Å². The zero-order chi connectivity index (χ0) is 19.2. The Labute approximate surface area is 161 Å². The third-order valence-electron chi connectivity index (χ3n) is 5.05. The highest BCUT2D eigenvalue weighted by Gasteiger charge is 2.22. The summed E-state index contributed by atoms with van der Waals surface area (Å²) in [6.45, 7) is 0.817. The van der Waals surface area contributed by atoms with Gasteiger partial charge in [0.15, 0.2) is 5.78 Å². The lowest BCUT2D eigenvalue weighted by atomic mass is 9.85. The number of allylic oxidation sites excluding steroid dienone is 2. The number of nitrogens with zero attached hydrogens (tertiary/aromatic N) is 1. The van der Waals surface area contributed by atoms with Gasteiger partial charge in [0.1, 0.15) is 5.75 Å². The Morgan fingerprint density at radius 2 is 1.74 bits per heavy atom. The number of ketones is 1. The summed E-state index contributed by atoms with van der Waals surface area (Å²) in [7, 11) is 5.74. The molecule has 1 aliphatic carbocycles. The predicted molar refractivity (Wildman–Crippen MR) is 111 cm³/mol. The molecule has 0 fully saturated rings. The van der Waals surface area contributed by atoms with Crippen LogP contribution < -0.4 is 15.0 Å². The topological polar surface area (TPSA) is 41.6 Å². The SMILES string of the molecule is COc1ccc(CCNC2=CC(=O)C[C@H](c3ccc(N(C)C)cc3)C2)cc1. The largest absolute Gasteiger partial charge is 0.497 e. The van der Waals surface area contributed by atoms with Crippen LogP contribution in [0.1, 0.15) is 29.9 Å². The second-order valence-electron chi connectivity index (χ2n) is 7.25. The molecule has 0 saturated heterocycles. The van der Waals surface area contributed by atoms with Gasteiger partial charge in [-0.2, -0.15) is 0 Å². The van der Waals surface area contributed by atoms with Crippen molar-refractivity contribution in [3.05, 3.63) is 71.4 Å². The Hall–Kier alpha value is -2.75. The number of rotatable bonds is 7. The minimum atomic E-state index is 0.204. The predicted octanol–water partition coefficient (Wildman–Crippen LogP) is 3.92. The summed E-state index contributed by atoms with van der Waals surface area (Å²) in [6, 6.07) is 16.6. The van der Waals surface area contributed by atoms with E-state index in [0.717, 1.165) is 30.8 Å². The Morgan fingerprint density at radius 3 is 2.37 bits per heavy atom. The van der Waals surface area contributed by atoms with Gasteiger partial charge in [-0.1, -0.05) is 24.3 Å². The van der Waals surface area contributed by atoms with E-state index >= 15 is 0 Å². The highest BCUT2D eigenvalue weighted by Crippen LogP contribution is 2.31. The third kappa shape index (κ3) is 5.13. The lowest BCUT2D eigenvalue weighted by Gasteiger charge is -2.24. The highest BCUT2D eigenvalue weighted by molar-refractivity contribution is 5.92. The van der Waals surface area contributed by atoms with Crippen molar-refractivity contribution < 1.29 is 9.53 Å². The molecule has 0 bridgehead atoms. The maximum Gasteiger partial charge on any atom is 0.158 e. The van der Waals surface area contributed by atoms with Gasteiger partial charge in [0.25, 0.3) is 0 Å². The number of anilines is 1. The maximum atomic E-state index is 12.2. The summed E-state index contributed by atoms with van der Waals surface area (Å²) < 4.78 is 5.19. The van der Waals surface area contributed by atoms with E-state index in [2.05, 4.69) is 46.6 Å². The Kier molecular flexibility index (Phi) is 6.17. The number of methoxy groups -OCH3 is 1. The standard InChI is InChI=1S/C23H28N2O2/c1-25(2)21-8-6-18(7-9-21)19-14-20(16-22(26)15-19)24-13-12-17-4-10-23(27-3)11-5-17/h4-11,16,19,24H,12-15H2,1-3H3/t19-/m1/s1. The maximum absolute atomic E-state index is 12.2. The molecule has 0 heterocycles. The van der Waals surface area contributed by atoms with Crippen molar-refractivity contribution in [1.82, 2.24) is 5.32 Å². The number of benzene rings is 2. The average Bonchev–Trinajstić information content (AvgIpc) is 2.68. The number of nitrogens with one attached hydrogen (secondary N) is 1. The molecule has 2 aromatic rings. The summed E-state index contributed by atoms with van der Waals surface area (Å²) in [4.78, 5) is 14.3. The molecule has 0 aromatic heterocycles. The normalized spacial score (nSPS) is 16.6. The molecule has 0 radical (unpaired) electrons. The molecular formula is C23H28N2O2. The Balaban J connectivity index is 1.56. The van der Waals surface area contributed by atoms with Crippen LogP contribution in [-0.4, -0.2) is 33.5 Å². The summed E-state index contributed by atoms with van der Waals surface area (Å²) in [5.41, 5.74) is 4.70. The first-order valence-electron chi connectivity index (χ1n) is 9.42. The molecule has 0 unspecified atom stereocenters. The first-order valence-corrected chi connectivity index (χ1v) is 9.42. The monoisotopic (exact) mass is 364 g/mol. The van der Waals surface area contributed by atoms with Crippen LogP contribution in [0.5, 0.6) is 5.75 Å². The second kappa shape index (κ2) is 8.76. The summed E-state index contributed by atoms with van der Waals surface area (Å²) in [5, 5.41) is 3.46. The third-order valence-corrected chi connectivity index (χ3v) is 5.05. The number of hydrogen-bond donors (Lipinski definition) is 1. The molecule has 4 heteroatoms. The van der Waals surface area contributed by atoms with Crippen molar-refractivity contribution in [2.75, 3.05) is 32.6 Å². The zero-order valence-corrected chi connectivity index (χ0v) is 16.4. The van der Waals surface area contributed by atoms with Gasteiger partial charge in [-0.3, -0.25) is 4.79 Å². The van der Waals surface area contributed by atoms with Gasteiger partial charge < -0.3 is 15.0 Å². The van der Waals surface area contributed by atoms with Gasteiger partial charge in [0.2, 0.25) is 0 Å². The van der Waals surface area contributed by atoms with Gasteiger partial charge in [-0.15, -0.1) is 0 Å².